The topological polar surface area (TPSA) is 88.2 Å². The molecule has 27 heavy (non-hydrogen) atoms. The molecule has 1 fully saturated rings. The summed E-state index contributed by atoms with van der Waals surface area (Å²) in [5.74, 6) is -0.468. The average molecular weight is 377 g/mol. The van der Waals surface area contributed by atoms with Crippen molar-refractivity contribution in [2.45, 2.75) is 11.7 Å². The number of para-hydroxylation sites is 1. The Morgan fingerprint density at radius 2 is 1.93 bits per heavy atom. The number of carbonyl (C=O) groups is 3. The van der Waals surface area contributed by atoms with Crippen LogP contribution in [0.3, 0.4) is 0 Å². The van der Waals surface area contributed by atoms with Gasteiger partial charge in [0.25, 0.3) is 11.1 Å². The monoisotopic (exact) mass is 377 g/mol. The molecule has 1 aliphatic rings. The number of pyridine rings is 1. The lowest BCUT2D eigenvalue weighted by atomic mass is 10.1. The Balaban J connectivity index is 1.52. The van der Waals surface area contributed by atoms with Crippen LogP contribution in [0.4, 0.5) is 10.5 Å². The van der Waals surface area contributed by atoms with Crippen molar-refractivity contribution in [3.05, 3.63) is 71.9 Å². The Morgan fingerprint density at radius 1 is 1.11 bits per heavy atom. The van der Waals surface area contributed by atoms with Gasteiger partial charge in [0.1, 0.15) is 0 Å². The van der Waals surface area contributed by atoms with Gasteiger partial charge in [0, 0.05) is 22.8 Å². The van der Waals surface area contributed by atoms with E-state index in [9.17, 15) is 14.4 Å². The van der Waals surface area contributed by atoms with Gasteiger partial charge in [0.05, 0.1) is 10.8 Å². The number of imide groups is 1. The minimum atomic E-state index is -0.423. The van der Waals surface area contributed by atoms with Crippen LogP contribution < -0.4 is 10.6 Å². The summed E-state index contributed by atoms with van der Waals surface area (Å²) in [4.78, 5) is 39.8. The number of hydrogen-bond donors (Lipinski definition) is 2. The maximum Gasteiger partial charge on any atom is 0.286 e. The van der Waals surface area contributed by atoms with Gasteiger partial charge in [-0.2, -0.15) is 0 Å². The molecule has 4 rings (SSSR count). The Morgan fingerprint density at radius 3 is 2.67 bits per heavy atom. The fourth-order valence-electron chi connectivity index (χ4n) is 2.89. The SMILES string of the molecule is O=C1NC(=O)C(Cc2cnc3cc(C(=O)Nc4ccccc4)ccc3c2)S1. The van der Waals surface area contributed by atoms with Crippen LogP contribution in [0.25, 0.3) is 10.9 Å². The van der Waals surface area contributed by atoms with Crippen LogP contribution in [0.1, 0.15) is 15.9 Å². The first kappa shape index (κ1) is 17.2. The van der Waals surface area contributed by atoms with Gasteiger partial charge < -0.3 is 5.32 Å². The predicted octanol–water partition coefficient (Wildman–Crippen LogP) is 3.38. The predicted molar refractivity (Wildman–Crippen MR) is 105 cm³/mol. The molecule has 2 N–H and O–H groups in total. The number of benzene rings is 2. The molecule has 1 aromatic heterocycles. The summed E-state index contributed by atoms with van der Waals surface area (Å²) in [6.45, 7) is 0. The van der Waals surface area contributed by atoms with E-state index >= 15 is 0 Å². The van der Waals surface area contributed by atoms with Crippen molar-refractivity contribution in [2.24, 2.45) is 0 Å². The van der Waals surface area contributed by atoms with Crippen molar-refractivity contribution in [1.82, 2.24) is 10.3 Å². The molecule has 2 heterocycles. The molecular weight excluding hydrogens is 362 g/mol. The summed E-state index contributed by atoms with van der Waals surface area (Å²) in [6.07, 6.45) is 2.11. The zero-order valence-electron chi connectivity index (χ0n) is 14.1. The van der Waals surface area contributed by atoms with Crippen LogP contribution in [-0.4, -0.2) is 27.3 Å². The first-order valence-corrected chi connectivity index (χ1v) is 9.23. The van der Waals surface area contributed by atoms with E-state index in [-0.39, 0.29) is 17.1 Å². The molecule has 0 aliphatic carbocycles. The van der Waals surface area contributed by atoms with Crippen molar-refractivity contribution in [1.29, 1.82) is 0 Å². The number of carbonyl (C=O) groups excluding carboxylic acids is 3. The quantitative estimate of drug-likeness (QED) is 0.728. The van der Waals surface area contributed by atoms with E-state index in [0.717, 1.165) is 28.4 Å². The zero-order valence-corrected chi connectivity index (χ0v) is 15.0. The lowest BCUT2D eigenvalue weighted by molar-refractivity contribution is -0.118. The Kier molecular flexibility index (Phi) is 4.60. The molecule has 0 saturated carbocycles. The molecule has 1 unspecified atom stereocenters. The highest BCUT2D eigenvalue weighted by molar-refractivity contribution is 8.15. The van der Waals surface area contributed by atoms with Crippen molar-refractivity contribution in [2.75, 3.05) is 5.32 Å². The largest absolute Gasteiger partial charge is 0.322 e. The van der Waals surface area contributed by atoms with Crippen LogP contribution in [0, 0.1) is 0 Å². The molecule has 2 aromatic carbocycles. The summed E-state index contributed by atoms with van der Waals surface area (Å²) in [5.41, 5.74) is 2.81. The molecule has 1 atom stereocenters. The van der Waals surface area contributed by atoms with Gasteiger partial charge in [-0.25, -0.2) is 0 Å². The minimum Gasteiger partial charge on any atom is -0.322 e. The standard InChI is InChI=1S/C20H15N3O3S/c24-18(22-15-4-2-1-3-5-15)14-7-6-13-8-12(11-21-16(13)10-14)9-17-19(25)23-20(26)27-17/h1-8,10-11,17H,9H2,(H,22,24)(H,23,25,26). The number of nitrogens with one attached hydrogen (secondary N) is 2. The number of fused-ring (bicyclic) bond motifs is 1. The van der Waals surface area contributed by atoms with Gasteiger partial charge >= 0.3 is 0 Å². The summed E-state index contributed by atoms with van der Waals surface area (Å²) >= 11 is 1.00. The summed E-state index contributed by atoms with van der Waals surface area (Å²) in [5, 5.41) is 5.27. The summed E-state index contributed by atoms with van der Waals surface area (Å²) in [7, 11) is 0. The van der Waals surface area contributed by atoms with Gasteiger partial charge in [0.15, 0.2) is 0 Å². The maximum absolute atomic E-state index is 12.4. The molecule has 0 radical (unpaired) electrons. The van der Waals surface area contributed by atoms with Gasteiger partial charge in [-0.3, -0.25) is 24.7 Å². The second-order valence-corrected chi connectivity index (χ2v) is 7.33. The Labute approximate surface area is 159 Å². The van der Waals surface area contributed by atoms with Crippen LogP contribution in [0.15, 0.2) is 60.8 Å². The number of nitrogens with zero attached hydrogens (tertiary/aromatic N) is 1. The molecule has 0 spiro atoms. The highest BCUT2D eigenvalue weighted by atomic mass is 32.2. The van der Waals surface area contributed by atoms with Gasteiger partial charge in [-0.15, -0.1) is 0 Å². The number of rotatable bonds is 4. The average Bonchev–Trinajstić information content (AvgIpc) is 2.99. The molecule has 3 amide bonds. The van der Waals surface area contributed by atoms with Crippen LogP contribution >= 0.6 is 11.8 Å². The van der Waals surface area contributed by atoms with Gasteiger partial charge in [-0.05, 0) is 42.3 Å². The number of hydrogen-bond acceptors (Lipinski definition) is 5. The van der Waals surface area contributed by atoms with Gasteiger partial charge in [-0.1, -0.05) is 36.0 Å². The smallest absolute Gasteiger partial charge is 0.286 e. The highest BCUT2D eigenvalue weighted by Crippen LogP contribution is 2.24. The minimum absolute atomic E-state index is 0.202. The third kappa shape index (κ3) is 3.83. The maximum atomic E-state index is 12.4. The first-order chi connectivity index (χ1) is 13.1. The number of aromatic nitrogens is 1. The highest BCUT2D eigenvalue weighted by Gasteiger charge is 2.31. The molecule has 6 nitrogen and oxygen atoms in total. The van der Waals surface area contributed by atoms with E-state index in [1.165, 1.54) is 0 Å². The lowest BCUT2D eigenvalue weighted by Crippen LogP contribution is -2.25. The molecule has 134 valence electrons. The summed E-state index contributed by atoms with van der Waals surface area (Å²) < 4.78 is 0. The first-order valence-electron chi connectivity index (χ1n) is 8.35. The third-order valence-electron chi connectivity index (χ3n) is 4.22. The lowest BCUT2D eigenvalue weighted by Gasteiger charge is -2.08. The molecule has 1 aliphatic heterocycles. The van der Waals surface area contributed by atoms with E-state index < -0.39 is 5.25 Å². The van der Waals surface area contributed by atoms with E-state index in [0.29, 0.717) is 17.5 Å². The molecular formula is C20H15N3O3S. The number of amides is 3. The third-order valence-corrected chi connectivity index (χ3v) is 5.20. The van der Waals surface area contributed by atoms with Crippen LogP contribution in [0.2, 0.25) is 0 Å². The fourth-order valence-corrected chi connectivity index (χ4v) is 3.75. The van der Waals surface area contributed by atoms with Crippen molar-refractivity contribution >= 4 is 45.4 Å². The van der Waals surface area contributed by atoms with Crippen molar-refractivity contribution < 1.29 is 14.4 Å². The molecule has 0 bridgehead atoms. The molecule has 7 heteroatoms. The van der Waals surface area contributed by atoms with E-state index in [4.69, 9.17) is 0 Å². The number of anilines is 1. The second-order valence-electron chi connectivity index (χ2n) is 6.16. The normalized spacial score (nSPS) is 16.4. The Bertz CT molecular complexity index is 1050. The molecule has 1 saturated heterocycles. The zero-order chi connectivity index (χ0) is 18.8. The Hall–Kier alpha value is -3.19. The fraction of sp³-hybridized carbons (Fsp3) is 0.100. The summed E-state index contributed by atoms with van der Waals surface area (Å²) in [6, 6.07) is 16.5. The van der Waals surface area contributed by atoms with E-state index in [1.54, 1.807) is 18.3 Å². The van der Waals surface area contributed by atoms with Crippen molar-refractivity contribution in [3.63, 3.8) is 0 Å². The van der Waals surface area contributed by atoms with E-state index in [1.807, 2.05) is 42.5 Å². The molecule has 3 aromatic rings. The van der Waals surface area contributed by atoms with Crippen molar-refractivity contribution in [3.8, 4) is 0 Å². The van der Waals surface area contributed by atoms with Gasteiger partial charge in [0.2, 0.25) is 5.91 Å². The van der Waals surface area contributed by atoms with Crippen LogP contribution in [-0.2, 0) is 11.2 Å². The van der Waals surface area contributed by atoms with E-state index in [2.05, 4.69) is 15.6 Å². The number of thioether (sulfide) groups is 1. The van der Waals surface area contributed by atoms with Crippen LogP contribution in [0.5, 0.6) is 0 Å². The second kappa shape index (κ2) is 7.20.